The van der Waals surface area contributed by atoms with E-state index >= 15 is 0 Å². The molecule has 15 heavy (non-hydrogen) atoms. The summed E-state index contributed by atoms with van der Waals surface area (Å²) in [5.41, 5.74) is -0.0107. The van der Waals surface area contributed by atoms with E-state index < -0.39 is 9.84 Å². The van der Waals surface area contributed by atoms with Crippen molar-refractivity contribution in [1.29, 1.82) is 0 Å². The minimum Gasteiger partial charge on any atom is -0.341 e. The molecule has 0 heterocycles. The molecule has 0 aliphatic rings. The van der Waals surface area contributed by atoms with Crippen molar-refractivity contribution >= 4 is 15.7 Å². The van der Waals surface area contributed by atoms with Crippen LogP contribution in [-0.2, 0) is 14.6 Å². The lowest BCUT2D eigenvalue weighted by molar-refractivity contribution is -0.129. The summed E-state index contributed by atoms with van der Waals surface area (Å²) in [7, 11) is -3.00. The lowest BCUT2D eigenvalue weighted by atomic mass is 9.96. The van der Waals surface area contributed by atoms with Crippen molar-refractivity contribution in [2.75, 3.05) is 25.1 Å². The van der Waals surface area contributed by atoms with E-state index in [0.717, 1.165) is 0 Å². The first kappa shape index (κ1) is 14.4. The Morgan fingerprint density at radius 3 is 2.00 bits per heavy atom. The highest BCUT2D eigenvalue weighted by Gasteiger charge is 2.19. The Morgan fingerprint density at radius 1 is 1.27 bits per heavy atom. The van der Waals surface area contributed by atoms with Crippen molar-refractivity contribution in [2.45, 2.75) is 27.7 Å². The van der Waals surface area contributed by atoms with Crippen molar-refractivity contribution in [3.63, 3.8) is 0 Å². The fraction of sp³-hybridized carbons (Fsp3) is 0.900. The van der Waals surface area contributed by atoms with Gasteiger partial charge in [-0.25, -0.2) is 8.42 Å². The largest absolute Gasteiger partial charge is 0.341 e. The molecule has 90 valence electrons. The topological polar surface area (TPSA) is 54.5 Å². The number of hydrogen-bond donors (Lipinski definition) is 0. The molecule has 0 unspecified atom stereocenters. The summed E-state index contributed by atoms with van der Waals surface area (Å²) in [6, 6.07) is 0. The molecule has 0 bridgehead atoms. The average molecular weight is 235 g/mol. The zero-order chi connectivity index (χ0) is 12.3. The maximum absolute atomic E-state index is 11.3. The van der Waals surface area contributed by atoms with Gasteiger partial charge in [0.15, 0.2) is 0 Å². The predicted molar refractivity (Wildman–Crippen MR) is 61.4 cm³/mol. The standard InChI is InChI=1S/C10H21NO3S/c1-9(12)11(8-10(2,3)4)6-7-15(5,13)14/h6-8H2,1-5H3. The van der Waals surface area contributed by atoms with Crippen molar-refractivity contribution in [1.82, 2.24) is 4.90 Å². The molecule has 0 N–H and O–H groups in total. The van der Waals surface area contributed by atoms with Gasteiger partial charge in [-0.1, -0.05) is 20.8 Å². The lowest BCUT2D eigenvalue weighted by Gasteiger charge is -2.28. The number of carbonyl (C=O) groups is 1. The molecule has 0 radical (unpaired) electrons. The number of carbonyl (C=O) groups excluding carboxylic acids is 1. The smallest absolute Gasteiger partial charge is 0.219 e. The van der Waals surface area contributed by atoms with Crippen LogP contribution in [0, 0.1) is 5.41 Å². The maximum Gasteiger partial charge on any atom is 0.219 e. The lowest BCUT2D eigenvalue weighted by Crippen LogP contribution is -2.39. The first-order valence-corrected chi connectivity index (χ1v) is 7.00. The molecule has 0 fully saturated rings. The van der Waals surface area contributed by atoms with E-state index in [1.807, 2.05) is 20.8 Å². The fourth-order valence-corrected chi connectivity index (χ4v) is 1.75. The van der Waals surface area contributed by atoms with Crippen LogP contribution >= 0.6 is 0 Å². The summed E-state index contributed by atoms with van der Waals surface area (Å²) in [4.78, 5) is 12.9. The maximum atomic E-state index is 11.3. The number of sulfone groups is 1. The number of hydrogen-bond acceptors (Lipinski definition) is 3. The van der Waals surface area contributed by atoms with Crippen molar-refractivity contribution in [2.24, 2.45) is 5.41 Å². The Kier molecular flexibility index (Phi) is 4.77. The third-order valence-electron chi connectivity index (χ3n) is 1.84. The predicted octanol–water partition coefficient (Wildman–Crippen LogP) is 0.926. The molecule has 0 aliphatic carbocycles. The summed E-state index contributed by atoms with van der Waals surface area (Å²) in [6.45, 7) is 8.38. The van der Waals surface area contributed by atoms with Crippen LogP contribution in [0.4, 0.5) is 0 Å². The Bertz CT molecular complexity index is 314. The Hall–Kier alpha value is -0.580. The van der Waals surface area contributed by atoms with Gasteiger partial charge in [0, 0.05) is 26.3 Å². The minimum absolute atomic E-state index is 0.0107. The Morgan fingerprint density at radius 2 is 1.73 bits per heavy atom. The van der Waals surface area contributed by atoms with Crippen molar-refractivity contribution in [3.05, 3.63) is 0 Å². The minimum atomic E-state index is -3.00. The highest BCUT2D eigenvalue weighted by Crippen LogP contribution is 2.15. The summed E-state index contributed by atoms with van der Waals surface area (Å²) in [5, 5.41) is 0. The van der Waals surface area contributed by atoms with Gasteiger partial charge in [0.1, 0.15) is 9.84 Å². The van der Waals surface area contributed by atoms with E-state index in [-0.39, 0.29) is 23.6 Å². The molecular formula is C10H21NO3S. The van der Waals surface area contributed by atoms with Crippen molar-refractivity contribution < 1.29 is 13.2 Å². The fourth-order valence-electron chi connectivity index (χ4n) is 1.20. The average Bonchev–Trinajstić information content (AvgIpc) is 1.93. The first-order chi connectivity index (χ1) is 6.51. The van der Waals surface area contributed by atoms with Gasteiger partial charge in [-0.05, 0) is 5.41 Å². The van der Waals surface area contributed by atoms with Crippen LogP contribution in [0.5, 0.6) is 0 Å². The van der Waals surface area contributed by atoms with E-state index in [0.29, 0.717) is 6.54 Å². The molecule has 0 aromatic rings. The van der Waals surface area contributed by atoms with Gasteiger partial charge in [0.25, 0.3) is 0 Å². The van der Waals surface area contributed by atoms with Gasteiger partial charge in [-0.2, -0.15) is 0 Å². The van der Waals surface area contributed by atoms with Gasteiger partial charge in [0.05, 0.1) is 5.75 Å². The second-order valence-electron chi connectivity index (χ2n) is 5.13. The van der Waals surface area contributed by atoms with Crippen LogP contribution in [0.25, 0.3) is 0 Å². The molecule has 0 spiro atoms. The van der Waals surface area contributed by atoms with E-state index in [1.54, 1.807) is 4.90 Å². The molecule has 1 amide bonds. The highest BCUT2D eigenvalue weighted by atomic mass is 32.2. The monoisotopic (exact) mass is 235 g/mol. The molecule has 0 aromatic heterocycles. The molecule has 0 saturated carbocycles. The van der Waals surface area contributed by atoms with Gasteiger partial charge < -0.3 is 4.90 Å². The van der Waals surface area contributed by atoms with Gasteiger partial charge in [-0.3, -0.25) is 4.79 Å². The van der Waals surface area contributed by atoms with Gasteiger partial charge in [-0.15, -0.1) is 0 Å². The third-order valence-corrected chi connectivity index (χ3v) is 2.77. The molecule has 0 atom stereocenters. The second-order valence-corrected chi connectivity index (χ2v) is 7.39. The molecule has 5 heteroatoms. The Labute approximate surface area is 92.6 Å². The zero-order valence-corrected chi connectivity index (χ0v) is 11.0. The number of nitrogens with zero attached hydrogens (tertiary/aromatic N) is 1. The second kappa shape index (κ2) is 4.96. The van der Waals surface area contributed by atoms with E-state index in [4.69, 9.17) is 0 Å². The van der Waals surface area contributed by atoms with E-state index in [2.05, 4.69) is 0 Å². The third kappa shape index (κ3) is 8.42. The molecule has 0 aromatic carbocycles. The SMILES string of the molecule is CC(=O)N(CCS(C)(=O)=O)CC(C)(C)C. The zero-order valence-electron chi connectivity index (χ0n) is 10.2. The van der Waals surface area contributed by atoms with Crippen LogP contribution in [0.3, 0.4) is 0 Å². The van der Waals surface area contributed by atoms with Crippen LogP contribution in [0.1, 0.15) is 27.7 Å². The van der Waals surface area contributed by atoms with Crippen LogP contribution in [0.2, 0.25) is 0 Å². The quantitative estimate of drug-likeness (QED) is 0.728. The van der Waals surface area contributed by atoms with Gasteiger partial charge >= 0.3 is 0 Å². The normalized spacial score (nSPS) is 12.6. The summed E-state index contributed by atoms with van der Waals surface area (Å²) in [6.07, 6.45) is 1.18. The molecule has 0 saturated heterocycles. The molecule has 4 nitrogen and oxygen atoms in total. The molecule has 0 aliphatic heterocycles. The molecule has 0 rings (SSSR count). The van der Waals surface area contributed by atoms with E-state index in [9.17, 15) is 13.2 Å². The van der Waals surface area contributed by atoms with Crippen LogP contribution in [0.15, 0.2) is 0 Å². The summed E-state index contributed by atoms with van der Waals surface area (Å²) in [5.74, 6) is -0.0450. The number of rotatable bonds is 4. The van der Waals surface area contributed by atoms with Gasteiger partial charge in [0.2, 0.25) is 5.91 Å². The van der Waals surface area contributed by atoms with Crippen molar-refractivity contribution in [3.8, 4) is 0 Å². The molecular weight excluding hydrogens is 214 g/mol. The van der Waals surface area contributed by atoms with Crippen LogP contribution in [-0.4, -0.2) is 44.3 Å². The summed E-state index contributed by atoms with van der Waals surface area (Å²) < 4.78 is 22.0. The van der Waals surface area contributed by atoms with E-state index in [1.165, 1.54) is 13.2 Å². The Balaban J connectivity index is 4.38. The first-order valence-electron chi connectivity index (χ1n) is 4.94. The highest BCUT2D eigenvalue weighted by molar-refractivity contribution is 7.90. The van der Waals surface area contributed by atoms with Crippen LogP contribution < -0.4 is 0 Å². The number of amides is 1. The summed E-state index contributed by atoms with van der Waals surface area (Å²) >= 11 is 0.